The third kappa shape index (κ3) is 5.22. The second-order valence-electron chi connectivity index (χ2n) is 6.54. The molecule has 146 valence electrons. The van der Waals surface area contributed by atoms with Gasteiger partial charge < -0.3 is 10.2 Å². The van der Waals surface area contributed by atoms with Crippen molar-refractivity contribution in [2.45, 2.75) is 36.1 Å². The molecular weight excluding hydrogens is 406 g/mol. The summed E-state index contributed by atoms with van der Waals surface area (Å²) in [5, 5.41) is 5.34. The van der Waals surface area contributed by atoms with Crippen LogP contribution >= 0.6 is 22.9 Å². The number of likely N-dealkylation sites (tertiary alicyclic amines) is 1. The van der Waals surface area contributed by atoms with Gasteiger partial charge in [0.25, 0.3) is 0 Å². The minimum absolute atomic E-state index is 0.151. The molecule has 2 aromatic rings. The second-order valence-corrected chi connectivity index (χ2v) is 9.87. The summed E-state index contributed by atoms with van der Waals surface area (Å²) in [6.45, 7) is 2.92. The van der Waals surface area contributed by atoms with Crippen LogP contribution < -0.4 is 10.0 Å². The highest BCUT2D eigenvalue weighted by atomic mass is 35.5. The van der Waals surface area contributed by atoms with Crippen molar-refractivity contribution in [1.29, 1.82) is 0 Å². The minimum Gasteiger partial charge on any atom is -0.331 e. The van der Waals surface area contributed by atoms with Crippen molar-refractivity contribution in [2.24, 2.45) is 0 Å². The average Bonchev–Trinajstić information content (AvgIpc) is 3.17. The number of nitrogens with zero attached hydrogens (tertiary/aromatic N) is 1. The van der Waals surface area contributed by atoms with Crippen LogP contribution in [0.4, 0.5) is 4.79 Å². The van der Waals surface area contributed by atoms with Crippen LogP contribution in [0.1, 0.15) is 31.4 Å². The molecule has 0 bridgehead atoms. The largest absolute Gasteiger partial charge is 0.331 e. The summed E-state index contributed by atoms with van der Waals surface area (Å²) in [4.78, 5) is 14.2. The zero-order chi connectivity index (χ0) is 19.4. The van der Waals surface area contributed by atoms with Gasteiger partial charge in [-0.1, -0.05) is 29.8 Å². The maximum absolute atomic E-state index is 12.5. The molecule has 3 rings (SSSR count). The lowest BCUT2D eigenvalue weighted by Crippen LogP contribution is -2.49. The Kier molecular flexibility index (Phi) is 6.41. The highest BCUT2D eigenvalue weighted by Gasteiger charge is 2.27. The first kappa shape index (κ1) is 20.1. The first-order valence-corrected chi connectivity index (χ1v) is 11.5. The summed E-state index contributed by atoms with van der Waals surface area (Å²) < 4.78 is 27.7. The number of amides is 2. The van der Waals surface area contributed by atoms with Crippen molar-refractivity contribution in [2.75, 3.05) is 13.1 Å². The van der Waals surface area contributed by atoms with E-state index >= 15 is 0 Å². The molecule has 1 aliphatic heterocycles. The van der Waals surface area contributed by atoms with Gasteiger partial charge in [-0.2, -0.15) is 0 Å². The fourth-order valence-corrected chi connectivity index (χ4v) is 5.54. The van der Waals surface area contributed by atoms with E-state index in [1.807, 2.05) is 25.1 Å². The Hall–Kier alpha value is -1.61. The molecule has 6 nitrogen and oxygen atoms in total. The quantitative estimate of drug-likeness (QED) is 0.764. The van der Waals surface area contributed by atoms with Crippen LogP contribution in [0, 0.1) is 0 Å². The van der Waals surface area contributed by atoms with E-state index in [-0.39, 0.29) is 18.1 Å². The third-order valence-corrected chi connectivity index (χ3v) is 7.71. The van der Waals surface area contributed by atoms with Gasteiger partial charge in [0.05, 0.1) is 6.04 Å². The van der Waals surface area contributed by atoms with E-state index in [1.165, 1.54) is 11.3 Å². The van der Waals surface area contributed by atoms with Crippen molar-refractivity contribution >= 4 is 39.0 Å². The summed E-state index contributed by atoms with van der Waals surface area (Å²) >= 11 is 7.20. The molecule has 2 heterocycles. The Balaban J connectivity index is 1.50. The maximum Gasteiger partial charge on any atom is 0.317 e. The molecular formula is C18H22ClN3O3S2. The van der Waals surface area contributed by atoms with Gasteiger partial charge in [-0.15, -0.1) is 11.3 Å². The van der Waals surface area contributed by atoms with Crippen LogP contribution in [-0.2, 0) is 10.0 Å². The topological polar surface area (TPSA) is 78.5 Å². The highest BCUT2D eigenvalue weighted by Crippen LogP contribution is 2.20. The predicted octanol–water partition coefficient (Wildman–Crippen LogP) is 3.62. The van der Waals surface area contributed by atoms with E-state index in [9.17, 15) is 13.2 Å². The number of thiophene rings is 1. The number of hydrogen-bond donors (Lipinski definition) is 2. The van der Waals surface area contributed by atoms with E-state index in [0.29, 0.717) is 35.2 Å². The van der Waals surface area contributed by atoms with Gasteiger partial charge in [-0.3, -0.25) is 0 Å². The molecule has 0 saturated carbocycles. The second kappa shape index (κ2) is 8.60. The molecule has 27 heavy (non-hydrogen) atoms. The van der Waals surface area contributed by atoms with Gasteiger partial charge in [0.2, 0.25) is 10.0 Å². The molecule has 0 unspecified atom stereocenters. The molecule has 0 spiro atoms. The lowest BCUT2D eigenvalue weighted by molar-refractivity contribution is 0.177. The van der Waals surface area contributed by atoms with Crippen molar-refractivity contribution < 1.29 is 13.2 Å². The molecule has 9 heteroatoms. The Morgan fingerprint density at radius 1 is 1.26 bits per heavy atom. The molecule has 1 aromatic carbocycles. The van der Waals surface area contributed by atoms with Gasteiger partial charge in [0.1, 0.15) is 4.21 Å². The number of carbonyl (C=O) groups is 1. The number of halogens is 1. The number of nitrogens with one attached hydrogen (secondary N) is 2. The summed E-state index contributed by atoms with van der Waals surface area (Å²) in [7, 11) is -3.48. The zero-order valence-electron chi connectivity index (χ0n) is 14.9. The normalized spacial score (nSPS) is 16.9. The van der Waals surface area contributed by atoms with Crippen LogP contribution in [-0.4, -0.2) is 38.5 Å². The number of carbonyl (C=O) groups excluding carboxylic acids is 1. The molecule has 1 fully saturated rings. The molecule has 1 aromatic heterocycles. The van der Waals surface area contributed by atoms with Crippen LogP contribution in [0.15, 0.2) is 46.0 Å². The minimum atomic E-state index is -3.48. The molecule has 1 saturated heterocycles. The highest BCUT2D eigenvalue weighted by molar-refractivity contribution is 7.91. The number of urea groups is 1. The number of piperidine rings is 1. The lowest BCUT2D eigenvalue weighted by Gasteiger charge is -2.33. The van der Waals surface area contributed by atoms with E-state index in [1.54, 1.807) is 28.5 Å². The van der Waals surface area contributed by atoms with Gasteiger partial charge in [-0.05, 0) is 48.9 Å². The summed E-state index contributed by atoms with van der Waals surface area (Å²) in [6.07, 6.45) is 1.17. The van der Waals surface area contributed by atoms with Crippen molar-refractivity contribution in [3.63, 3.8) is 0 Å². The number of rotatable bonds is 5. The summed E-state index contributed by atoms with van der Waals surface area (Å²) in [5.74, 6) is 0. The van der Waals surface area contributed by atoms with E-state index in [2.05, 4.69) is 10.0 Å². The molecule has 2 N–H and O–H groups in total. The van der Waals surface area contributed by atoms with E-state index in [4.69, 9.17) is 11.6 Å². The van der Waals surface area contributed by atoms with Crippen molar-refractivity contribution in [1.82, 2.24) is 14.9 Å². The number of hydrogen-bond acceptors (Lipinski definition) is 4. The van der Waals surface area contributed by atoms with Crippen LogP contribution in [0.5, 0.6) is 0 Å². The first-order valence-electron chi connectivity index (χ1n) is 8.72. The summed E-state index contributed by atoms with van der Waals surface area (Å²) in [6, 6.07) is 10.2. The molecule has 2 amide bonds. The predicted molar refractivity (Wildman–Crippen MR) is 108 cm³/mol. The average molecular weight is 428 g/mol. The fraction of sp³-hybridized carbons (Fsp3) is 0.389. The Labute approximate surface area is 168 Å². The molecule has 1 aliphatic rings. The zero-order valence-corrected chi connectivity index (χ0v) is 17.3. The Morgan fingerprint density at radius 3 is 2.63 bits per heavy atom. The number of benzene rings is 1. The van der Waals surface area contributed by atoms with Crippen molar-refractivity contribution in [3.8, 4) is 0 Å². The van der Waals surface area contributed by atoms with Gasteiger partial charge >= 0.3 is 6.03 Å². The third-order valence-electron chi connectivity index (χ3n) is 4.55. The van der Waals surface area contributed by atoms with E-state index in [0.717, 1.165) is 5.56 Å². The monoisotopic (exact) mass is 427 g/mol. The smallest absolute Gasteiger partial charge is 0.317 e. The Bertz CT molecular complexity index is 879. The fourth-order valence-electron chi connectivity index (χ4n) is 3.03. The molecule has 1 atom stereocenters. The van der Waals surface area contributed by atoms with Gasteiger partial charge in [0, 0.05) is 24.2 Å². The van der Waals surface area contributed by atoms with Gasteiger partial charge in [0.15, 0.2) is 0 Å². The molecule has 0 radical (unpaired) electrons. The SMILES string of the molecule is C[C@@H](NC(=O)N1CCC(NS(=O)(=O)c2cccs2)CC1)c1cccc(Cl)c1. The Morgan fingerprint density at radius 2 is 2.00 bits per heavy atom. The van der Waals surface area contributed by atoms with Crippen molar-refractivity contribution in [3.05, 3.63) is 52.4 Å². The summed E-state index contributed by atoms with van der Waals surface area (Å²) in [5.41, 5.74) is 0.939. The first-order chi connectivity index (χ1) is 12.8. The standard InChI is InChI=1S/C18H22ClN3O3S2/c1-13(14-4-2-5-15(19)12-14)20-18(23)22-9-7-16(8-10-22)21-27(24,25)17-6-3-11-26-17/h2-6,11-13,16,21H,7-10H2,1H3,(H,20,23)/t13-/m1/s1. The van der Waals surface area contributed by atoms with E-state index < -0.39 is 10.0 Å². The van der Waals surface area contributed by atoms with Crippen LogP contribution in [0.3, 0.4) is 0 Å². The maximum atomic E-state index is 12.5. The van der Waals surface area contributed by atoms with Crippen LogP contribution in [0.2, 0.25) is 5.02 Å². The molecule has 0 aliphatic carbocycles. The van der Waals surface area contributed by atoms with Gasteiger partial charge in [-0.25, -0.2) is 17.9 Å². The van der Waals surface area contributed by atoms with Crippen LogP contribution in [0.25, 0.3) is 0 Å². The lowest BCUT2D eigenvalue weighted by atomic mass is 10.1. The number of sulfonamides is 1.